The van der Waals surface area contributed by atoms with Crippen molar-refractivity contribution in [3.8, 4) is 0 Å². The van der Waals surface area contributed by atoms with Crippen molar-refractivity contribution in [1.29, 1.82) is 0 Å². The molecule has 0 aliphatic carbocycles. The third-order valence-electron chi connectivity index (χ3n) is 3.37. The number of thioether (sulfide) groups is 1. The van der Waals surface area contributed by atoms with Crippen molar-refractivity contribution in [2.24, 2.45) is 0 Å². The summed E-state index contributed by atoms with van der Waals surface area (Å²) >= 11 is 1.85. The van der Waals surface area contributed by atoms with E-state index in [1.165, 1.54) is 0 Å². The molecule has 2 unspecified atom stereocenters. The van der Waals surface area contributed by atoms with Crippen molar-refractivity contribution in [3.05, 3.63) is 35.9 Å². The Labute approximate surface area is 127 Å². The fourth-order valence-corrected chi connectivity index (χ4v) is 3.05. The third-order valence-corrected chi connectivity index (χ3v) is 4.09. The molecule has 1 N–H and O–H groups in total. The molecule has 4 heteroatoms. The molecular weight excluding hydrogens is 270 g/mol. The summed E-state index contributed by atoms with van der Waals surface area (Å²) in [4.78, 5) is 2.23. The Morgan fingerprint density at radius 3 is 2.60 bits per heavy atom. The number of aliphatic hydroxyl groups excluding tert-OH is 1. The van der Waals surface area contributed by atoms with E-state index in [9.17, 15) is 5.11 Å². The van der Waals surface area contributed by atoms with Gasteiger partial charge in [0, 0.05) is 18.3 Å². The van der Waals surface area contributed by atoms with Crippen LogP contribution < -0.4 is 0 Å². The van der Waals surface area contributed by atoms with Gasteiger partial charge in [0.1, 0.15) is 0 Å². The highest BCUT2D eigenvalue weighted by molar-refractivity contribution is 7.98. The van der Waals surface area contributed by atoms with E-state index < -0.39 is 6.10 Å². The van der Waals surface area contributed by atoms with Crippen LogP contribution in [0.1, 0.15) is 18.9 Å². The SMILES string of the molecule is CCC(CSC)N(C)CC(O)COCc1ccccc1. The van der Waals surface area contributed by atoms with Gasteiger partial charge in [-0.1, -0.05) is 37.3 Å². The van der Waals surface area contributed by atoms with Gasteiger partial charge in [-0.05, 0) is 25.3 Å². The second-order valence-electron chi connectivity index (χ2n) is 5.11. The fraction of sp³-hybridized carbons (Fsp3) is 0.625. The number of hydrogen-bond acceptors (Lipinski definition) is 4. The summed E-state index contributed by atoms with van der Waals surface area (Å²) < 4.78 is 5.57. The Hall–Kier alpha value is -0.550. The summed E-state index contributed by atoms with van der Waals surface area (Å²) in [5, 5.41) is 10.0. The lowest BCUT2D eigenvalue weighted by Gasteiger charge is -2.28. The van der Waals surface area contributed by atoms with Crippen molar-refractivity contribution >= 4 is 11.8 Å². The van der Waals surface area contributed by atoms with Crippen molar-refractivity contribution in [3.63, 3.8) is 0 Å². The molecule has 0 aromatic heterocycles. The Kier molecular flexibility index (Phi) is 8.94. The highest BCUT2D eigenvalue weighted by Crippen LogP contribution is 2.09. The largest absolute Gasteiger partial charge is 0.389 e. The average Bonchev–Trinajstić information content (AvgIpc) is 2.45. The van der Waals surface area contributed by atoms with Crippen LogP contribution in [0.3, 0.4) is 0 Å². The van der Waals surface area contributed by atoms with Gasteiger partial charge in [0.25, 0.3) is 0 Å². The van der Waals surface area contributed by atoms with E-state index in [-0.39, 0.29) is 0 Å². The molecule has 0 heterocycles. The zero-order chi connectivity index (χ0) is 14.8. The molecule has 0 amide bonds. The normalized spacial score (nSPS) is 14.4. The van der Waals surface area contributed by atoms with Gasteiger partial charge in [-0.25, -0.2) is 0 Å². The van der Waals surface area contributed by atoms with Gasteiger partial charge < -0.3 is 9.84 Å². The van der Waals surface area contributed by atoms with Crippen LogP contribution >= 0.6 is 11.8 Å². The third kappa shape index (κ3) is 6.75. The minimum absolute atomic E-state index is 0.384. The van der Waals surface area contributed by atoms with Gasteiger partial charge in [0.15, 0.2) is 0 Å². The molecule has 1 aromatic carbocycles. The maximum absolute atomic E-state index is 10.0. The quantitative estimate of drug-likeness (QED) is 0.720. The van der Waals surface area contributed by atoms with E-state index >= 15 is 0 Å². The van der Waals surface area contributed by atoms with E-state index in [1.54, 1.807) is 0 Å². The maximum atomic E-state index is 10.0. The lowest BCUT2D eigenvalue weighted by Crippen LogP contribution is -2.40. The second kappa shape index (κ2) is 10.2. The summed E-state index contributed by atoms with van der Waals surface area (Å²) in [5.41, 5.74) is 1.14. The highest BCUT2D eigenvalue weighted by atomic mass is 32.2. The molecule has 0 saturated carbocycles. The molecule has 114 valence electrons. The van der Waals surface area contributed by atoms with Gasteiger partial charge in [0.2, 0.25) is 0 Å². The number of benzene rings is 1. The predicted octanol–water partition coefficient (Wildman–Crippen LogP) is 2.64. The predicted molar refractivity (Wildman–Crippen MR) is 87.2 cm³/mol. The van der Waals surface area contributed by atoms with Crippen LogP contribution in [0.4, 0.5) is 0 Å². The van der Waals surface area contributed by atoms with Crippen LogP contribution in [-0.2, 0) is 11.3 Å². The first kappa shape index (κ1) is 17.5. The smallest absolute Gasteiger partial charge is 0.0900 e. The summed E-state index contributed by atoms with van der Waals surface area (Å²) in [7, 11) is 2.07. The molecule has 0 saturated heterocycles. The average molecular weight is 297 g/mol. The van der Waals surface area contributed by atoms with Crippen LogP contribution in [0.15, 0.2) is 30.3 Å². The number of ether oxygens (including phenoxy) is 1. The standard InChI is InChI=1S/C16H27NO2S/c1-4-15(13-20-3)17(2)10-16(18)12-19-11-14-8-6-5-7-9-14/h5-9,15-16,18H,4,10-13H2,1-3H3. The summed E-state index contributed by atoms with van der Waals surface area (Å²) in [5.74, 6) is 1.10. The Balaban J connectivity index is 2.23. The lowest BCUT2D eigenvalue weighted by molar-refractivity contribution is 0.00878. The number of likely N-dealkylation sites (N-methyl/N-ethyl adjacent to an activating group) is 1. The molecule has 3 nitrogen and oxygen atoms in total. The Morgan fingerprint density at radius 1 is 1.30 bits per heavy atom. The zero-order valence-electron chi connectivity index (χ0n) is 12.8. The molecule has 0 spiro atoms. The van der Waals surface area contributed by atoms with Crippen LogP contribution in [0.5, 0.6) is 0 Å². The zero-order valence-corrected chi connectivity index (χ0v) is 13.6. The summed E-state index contributed by atoms with van der Waals surface area (Å²) in [6.07, 6.45) is 2.80. The first-order valence-electron chi connectivity index (χ1n) is 7.16. The van der Waals surface area contributed by atoms with Gasteiger partial charge in [0.05, 0.1) is 19.3 Å². The molecule has 1 aromatic rings. The van der Waals surface area contributed by atoms with Crippen LogP contribution in [0.2, 0.25) is 0 Å². The van der Waals surface area contributed by atoms with E-state index in [2.05, 4.69) is 25.1 Å². The van der Waals surface area contributed by atoms with E-state index in [1.807, 2.05) is 42.1 Å². The van der Waals surface area contributed by atoms with E-state index in [0.717, 1.165) is 17.7 Å². The number of rotatable bonds is 10. The first-order chi connectivity index (χ1) is 9.67. The molecule has 2 atom stereocenters. The van der Waals surface area contributed by atoms with Gasteiger partial charge >= 0.3 is 0 Å². The van der Waals surface area contributed by atoms with Crippen LogP contribution in [0.25, 0.3) is 0 Å². The van der Waals surface area contributed by atoms with Crippen molar-refractivity contribution in [2.75, 3.05) is 32.2 Å². The molecular formula is C16H27NO2S. The molecule has 20 heavy (non-hydrogen) atoms. The minimum Gasteiger partial charge on any atom is -0.389 e. The van der Waals surface area contributed by atoms with Crippen LogP contribution in [-0.4, -0.2) is 54.4 Å². The molecule has 0 aliphatic rings. The van der Waals surface area contributed by atoms with Gasteiger partial charge in [-0.3, -0.25) is 4.90 Å². The van der Waals surface area contributed by atoms with E-state index in [0.29, 0.717) is 25.8 Å². The van der Waals surface area contributed by atoms with Crippen molar-refractivity contribution in [2.45, 2.75) is 32.1 Å². The number of nitrogens with zero attached hydrogens (tertiary/aromatic N) is 1. The second-order valence-corrected chi connectivity index (χ2v) is 6.02. The molecule has 0 fully saturated rings. The van der Waals surface area contributed by atoms with Crippen LogP contribution in [0, 0.1) is 0 Å². The number of hydrogen-bond donors (Lipinski definition) is 1. The molecule has 0 bridgehead atoms. The first-order valence-corrected chi connectivity index (χ1v) is 8.55. The Morgan fingerprint density at radius 2 is 2.00 bits per heavy atom. The van der Waals surface area contributed by atoms with Crippen molar-refractivity contribution in [1.82, 2.24) is 4.90 Å². The van der Waals surface area contributed by atoms with Gasteiger partial charge in [-0.15, -0.1) is 0 Å². The lowest BCUT2D eigenvalue weighted by atomic mass is 10.2. The summed E-state index contributed by atoms with van der Waals surface area (Å²) in [6.45, 7) is 3.79. The molecule has 1 rings (SSSR count). The topological polar surface area (TPSA) is 32.7 Å². The Bertz CT molecular complexity index is 348. The summed E-state index contributed by atoms with van der Waals surface area (Å²) in [6, 6.07) is 10.6. The molecule has 0 radical (unpaired) electrons. The number of aliphatic hydroxyl groups is 1. The monoisotopic (exact) mass is 297 g/mol. The fourth-order valence-electron chi connectivity index (χ4n) is 2.17. The maximum Gasteiger partial charge on any atom is 0.0900 e. The van der Waals surface area contributed by atoms with Gasteiger partial charge in [-0.2, -0.15) is 11.8 Å². The van der Waals surface area contributed by atoms with E-state index in [4.69, 9.17) is 4.74 Å². The minimum atomic E-state index is -0.431. The van der Waals surface area contributed by atoms with Crippen molar-refractivity contribution < 1.29 is 9.84 Å². The highest BCUT2D eigenvalue weighted by Gasteiger charge is 2.15. The molecule has 0 aliphatic heterocycles.